The van der Waals surface area contributed by atoms with Gasteiger partial charge in [-0.15, -0.1) is 0 Å². The molecule has 0 aliphatic carbocycles. The number of nitrogens with one attached hydrogen (secondary N) is 1. The van der Waals surface area contributed by atoms with Gasteiger partial charge in [0.1, 0.15) is 22.1 Å². The van der Waals surface area contributed by atoms with E-state index < -0.39 is 22.5 Å². The lowest BCUT2D eigenvalue weighted by atomic mass is 10.2. The summed E-state index contributed by atoms with van der Waals surface area (Å²) >= 11 is 0. The maximum atomic E-state index is 12.8. The summed E-state index contributed by atoms with van der Waals surface area (Å²) < 4.78 is 42.1. The molecule has 0 fully saturated rings. The van der Waals surface area contributed by atoms with E-state index in [9.17, 15) is 13.2 Å². The second-order valence-corrected chi connectivity index (χ2v) is 8.33. The van der Waals surface area contributed by atoms with Gasteiger partial charge in [-0.05, 0) is 36.8 Å². The summed E-state index contributed by atoms with van der Waals surface area (Å²) in [4.78, 5) is 12.2. The van der Waals surface area contributed by atoms with Crippen molar-refractivity contribution >= 4 is 22.1 Å². The fourth-order valence-corrected chi connectivity index (χ4v) is 3.94. The number of carbonyl (C=O) groups excluding carboxylic acids is 1. The Morgan fingerprint density at radius 1 is 1.07 bits per heavy atom. The number of methoxy groups -OCH3 is 3. The topological polar surface area (TPSA) is 107 Å². The minimum Gasteiger partial charge on any atom is -0.497 e. The number of hydrogen-bond acceptors (Lipinski definition) is 7. The summed E-state index contributed by atoms with van der Waals surface area (Å²) in [5.41, 5.74) is 3.68. The van der Waals surface area contributed by atoms with Crippen LogP contribution in [0.5, 0.6) is 17.2 Å². The maximum absolute atomic E-state index is 12.8. The summed E-state index contributed by atoms with van der Waals surface area (Å²) in [5.74, 6) is 0.735. The lowest BCUT2D eigenvalue weighted by molar-refractivity contribution is -0.121. The second kappa shape index (κ2) is 10.1. The molecule has 10 heteroatoms. The Morgan fingerprint density at radius 2 is 1.77 bits per heavy atom. The molecule has 2 rings (SSSR count). The van der Waals surface area contributed by atoms with E-state index in [4.69, 9.17) is 14.2 Å². The summed E-state index contributed by atoms with van der Waals surface area (Å²) in [6.07, 6.45) is 1.40. The van der Waals surface area contributed by atoms with Crippen LogP contribution in [0, 0.1) is 6.92 Å². The highest BCUT2D eigenvalue weighted by Gasteiger charge is 2.26. The van der Waals surface area contributed by atoms with E-state index in [1.807, 2.05) is 0 Å². The number of hydrazone groups is 1. The van der Waals surface area contributed by atoms with Crippen molar-refractivity contribution in [3.05, 3.63) is 47.5 Å². The Bertz CT molecular complexity index is 1040. The van der Waals surface area contributed by atoms with Crippen molar-refractivity contribution in [3.8, 4) is 17.2 Å². The predicted molar refractivity (Wildman–Crippen MR) is 113 cm³/mol. The smallest absolute Gasteiger partial charge is 0.255 e. The molecule has 0 atom stereocenters. The molecule has 0 aromatic heterocycles. The van der Waals surface area contributed by atoms with Crippen molar-refractivity contribution in [2.75, 3.05) is 34.9 Å². The quantitative estimate of drug-likeness (QED) is 0.475. The number of nitrogens with zero attached hydrogens (tertiary/aromatic N) is 2. The molecule has 30 heavy (non-hydrogen) atoms. The highest BCUT2D eigenvalue weighted by Crippen LogP contribution is 2.27. The molecular weight excluding hydrogens is 410 g/mol. The first-order chi connectivity index (χ1) is 14.2. The Kier molecular flexibility index (Phi) is 7.79. The van der Waals surface area contributed by atoms with Gasteiger partial charge in [0.05, 0.1) is 34.1 Å². The molecule has 0 saturated heterocycles. The molecule has 2 aromatic carbocycles. The normalized spacial score (nSPS) is 11.5. The number of sulfonamides is 1. The average molecular weight is 436 g/mol. The third-order valence-corrected chi connectivity index (χ3v) is 6.03. The number of benzene rings is 2. The fourth-order valence-electron chi connectivity index (χ4n) is 2.57. The summed E-state index contributed by atoms with van der Waals surface area (Å²) in [6, 6.07) is 9.93. The Morgan fingerprint density at radius 3 is 2.40 bits per heavy atom. The van der Waals surface area contributed by atoms with E-state index in [0.29, 0.717) is 17.1 Å². The molecule has 0 bridgehead atoms. The first-order valence-electron chi connectivity index (χ1n) is 8.87. The summed E-state index contributed by atoms with van der Waals surface area (Å²) in [7, 11) is 1.81. The van der Waals surface area contributed by atoms with Crippen molar-refractivity contribution in [3.63, 3.8) is 0 Å². The van der Waals surface area contributed by atoms with Crippen molar-refractivity contribution < 1.29 is 27.4 Å². The zero-order valence-electron chi connectivity index (χ0n) is 17.5. The van der Waals surface area contributed by atoms with Gasteiger partial charge in [-0.3, -0.25) is 4.79 Å². The van der Waals surface area contributed by atoms with E-state index >= 15 is 0 Å². The molecule has 0 aliphatic rings. The van der Waals surface area contributed by atoms with E-state index in [2.05, 4.69) is 10.5 Å². The van der Waals surface area contributed by atoms with Crippen molar-refractivity contribution in [1.82, 2.24) is 9.73 Å². The Hall–Kier alpha value is -3.11. The van der Waals surface area contributed by atoms with Crippen LogP contribution in [0.1, 0.15) is 11.1 Å². The number of hydrogen-bond donors (Lipinski definition) is 1. The molecule has 162 valence electrons. The van der Waals surface area contributed by atoms with Gasteiger partial charge in [0, 0.05) is 18.7 Å². The number of carbonyl (C=O) groups is 1. The van der Waals surface area contributed by atoms with Gasteiger partial charge in [-0.25, -0.2) is 13.8 Å². The van der Waals surface area contributed by atoms with Crippen molar-refractivity contribution in [1.29, 1.82) is 0 Å². The average Bonchev–Trinajstić information content (AvgIpc) is 2.73. The van der Waals surface area contributed by atoms with Crippen LogP contribution in [-0.2, 0) is 14.8 Å². The zero-order valence-corrected chi connectivity index (χ0v) is 18.3. The highest BCUT2D eigenvalue weighted by atomic mass is 32.2. The van der Waals surface area contributed by atoms with Crippen LogP contribution in [0.3, 0.4) is 0 Å². The first-order valence-corrected chi connectivity index (χ1v) is 10.3. The Balaban J connectivity index is 2.08. The van der Waals surface area contributed by atoms with Gasteiger partial charge in [-0.2, -0.15) is 9.41 Å². The van der Waals surface area contributed by atoms with Gasteiger partial charge in [-0.1, -0.05) is 6.07 Å². The number of aryl methyl sites for hydroxylation is 1. The summed E-state index contributed by atoms with van der Waals surface area (Å²) in [5, 5.41) is 3.87. The van der Waals surface area contributed by atoms with Crippen LogP contribution in [0.2, 0.25) is 0 Å². The zero-order chi connectivity index (χ0) is 22.3. The van der Waals surface area contributed by atoms with E-state index in [1.165, 1.54) is 33.5 Å². The molecule has 0 saturated carbocycles. The third kappa shape index (κ3) is 5.49. The largest absolute Gasteiger partial charge is 0.497 e. The van der Waals surface area contributed by atoms with Crippen molar-refractivity contribution in [2.45, 2.75) is 11.8 Å². The minimum absolute atomic E-state index is 0.00762. The van der Waals surface area contributed by atoms with Gasteiger partial charge in [0.2, 0.25) is 10.0 Å². The highest BCUT2D eigenvalue weighted by molar-refractivity contribution is 7.89. The van der Waals surface area contributed by atoms with Gasteiger partial charge < -0.3 is 14.2 Å². The van der Waals surface area contributed by atoms with Crippen LogP contribution < -0.4 is 19.6 Å². The first kappa shape index (κ1) is 23.2. The SMILES string of the molecule is COc1ccc(C=NNC(=O)CN(C)S(=O)(=O)c2cc(C)ccc2OC)c(OC)c1. The van der Waals surface area contributed by atoms with Crippen LogP contribution in [-0.4, -0.2) is 59.8 Å². The molecule has 0 radical (unpaired) electrons. The number of ether oxygens (including phenoxy) is 3. The molecule has 0 heterocycles. The molecule has 0 spiro atoms. The van der Waals surface area contributed by atoms with Crippen LogP contribution in [0.25, 0.3) is 0 Å². The van der Waals surface area contributed by atoms with E-state index in [1.54, 1.807) is 44.4 Å². The standard InChI is InChI=1S/C20H25N3O6S/c1-14-6-9-17(28-4)19(10-14)30(25,26)23(2)13-20(24)22-21-12-15-7-8-16(27-3)11-18(15)29-5/h6-12H,13H2,1-5H3,(H,22,24). The fraction of sp³-hybridized carbons (Fsp3) is 0.300. The lowest BCUT2D eigenvalue weighted by Crippen LogP contribution is -2.36. The van der Waals surface area contributed by atoms with Crippen LogP contribution in [0.4, 0.5) is 0 Å². The van der Waals surface area contributed by atoms with E-state index in [0.717, 1.165) is 9.87 Å². The predicted octanol–water partition coefficient (Wildman–Crippen LogP) is 1.79. The van der Waals surface area contributed by atoms with Gasteiger partial charge in [0.25, 0.3) is 5.91 Å². The molecule has 1 amide bonds. The number of likely N-dealkylation sites (N-methyl/N-ethyl adjacent to an activating group) is 1. The number of rotatable bonds is 9. The van der Waals surface area contributed by atoms with Crippen LogP contribution in [0.15, 0.2) is 46.4 Å². The summed E-state index contributed by atoms with van der Waals surface area (Å²) in [6.45, 7) is 1.35. The molecule has 2 aromatic rings. The third-order valence-electron chi connectivity index (χ3n) is 4.21. The second-order valence-electron chi connectivity index (χ2n) is 6.32. The molecule has 1 N–H and O–H groups in total. The van der Waals surface area contributed by atoms with E-state index in [-0.39, 0.29) is 10.6 Å². The molecule has 0 unspecified atom stereocenters. The molecular formula is C20H25N3O6S. The Labute approximate surface area is 176 Å². The molecule has 9 nitrogen and oxygen atoms in total. The van der Waals surface area contributed by atoms with Crippen LogP contribution >= 0.6 is 0 Å². The van der Waals surface area contributed by atoms with Crippen molar-refractivity contribution in [2.24, 2.45) is 5.10 Å². The van der Waals surface area contributed by atoms with Gasteiger partial charge >= 0.3 is 0 Å². The molecule has 0 aliphatic heterocycles. The lowest BCUT2D eigenvalue weighted by Gasteiger charge is -2.18. The maximum Gasteiger partial charge on any atom is 0.255 e. The monoisotopic (exact) mass is 435 g/mol. The number of amides is 1. The van der Waals surface area contributed by atoms with Gasteiger partial charge in [0.15, 0.2) is 0 Å². The minimum atomic E-state index is -3.93.